The summed E-state index contributed by atoms with van der Waals surface area (Å²) in [5, 5.41) is 2.67. The maximum Gasteiger partial charge on any atom is 0.244 e. The molecule has 0 heterocycles. The minimum Gasteiger partial charge on any atom is -0.347 e. The summed E-state index contributed by atoms with van der Waals surface area (Å²) in [5.74, 6) is -0.279. The molecule has 18 heavy (non-hydrogen) atoms. The molecule has 2 amide bonds. The summed E-state index contributed by atoms with van der Waals surface area (Å²) in [6, 6.07) is 6.86. The van der Waals surface area contributed by atoms with Gasteiger partial charge in [-0.25, -0.2) is 0 Å². The van der Waals surface area contributed by atoms with Crippen molar-refractivity contribution in [3.05, 3.63) is 29.8 Å². The van der Waals surface area contributed by atoms with Gasteiger partial charge in [0, 0.05) is 19.0 Å². The van der Waals surface area contributed by atoms with Crippen LogP contribution in [0, 0.1) is 0 Å². The van der Waals surface area contributed by atoms with Crippen LogP contribution >= 0.6 is 12.6 Å². The third kappa shape index (κ3) is 4.41. The number of hydrogen-bond donors (Lipinski definition) is 2. The van der Waals surface area contributed by atoms with E-state index in [1.807, 2.05) is 24.3 Å². The van der Waals surface area contributed by atoms with Crippen LogP contribution in [0.3, 0.4) is 0 Å². The molecule has 0 radical (unpaired) electrons. The van der Waals surface area contributed by atoms with Crippen molar-refractivity contribution in [3.63, 3.8) is 0 Å². The van der Waals surface area contributed by atoms with Crippen molar-refractivity contribution in [1.29, 1.82) is 0 Å². The number of hydrogen-bond acceptors (Lipinski definition) is 3. The lowest BCUT2D eigenvalue weighted by Crippen LogP contribution is -2.44. The Kier molecular flexibility index (Phi) is 5.22. The quantitative estimate of drug-likeness (QED) is 0.802. The van der Waals surface area contributed by atoms with E-state index in [2.05, 4.69) is 17.9 Å². The summed E-state index contributed by atoms with van der Waals surface area (Å²) in [5.41, 5.74) is 0.898. The van der Waals surface area contributed by atoms with E-state index in [1.54, 1.807) is 21.0 Å². The zero-order chi connectivity index (χ0) is 13.7. The molecule has 0 aliphatic rings. The van der Waals surface area contributed by atoms with E-state index in [4.69, 9.17) is 0 Å². The highest BCUT2D eigenvalue weighted by atomic mass is 32.1. The third-order valence-corrected chi connectivity index (χ3v) is 2.79. The van der Waals surface area contributed by atoms with Crippen LogP contribution in [-0.4, -0.2) is 36.9 Å². The Morgan fingerprint density at radius 3 is 2.33 bits per heavy atom. The van der Waals surface area contributed by atoms with Crippen LogP contribution in [0.1, 0.15) is 12.5 Å². The van der Waals surface area contributed by atoms with Crippen molar-refractivity contribution < 1.29 is 9.59 Å². The smallest absolute Gasteiger partial charge is 0.244 e. The highest BCUT2D eigenvalue weighted by Gasteiger charge is 2.16. The summed E-state index contributed by atoms with van der Waals surface area (Å²) < 4.78 is 0. The van der Waals surface area contributed by atoms with E-state index in [0.29, 0.717) is 0 Å². The molecule has 1 aromatic carbocycles. The highest BCUT2D eigenvalue weighted by Crippen LogP contribution is 2.08. The molecule has 1 atom stereocenters. The van der Waals surface area contributed by atoms with E-state index in [9.17, 15) is 9.59 Å². The average molecular weight is 266 g/mol. The van der Waals surface area contributed by atoms with Gasteiger partial charge in [0.15, 0.2) is 0 Å². The predicted molar refractivity (Wildman–Crippen MR) is 73.7 cm³/mol. The molecule has 1 unspecified atom stereocenters. The van der Waals surface area contributed by atoms with E-state index >= 15 is 0 Å². The van der Waals surface area contributed by atoms with Crippen LogP contribution in [0.15, 0.2) is 29.2 Å². The largest absolute Gasteiger partial charge is 0.347 e. The number of benzene rings is 1. The van der Waals surface area contributed by atoms with Gasteiger partial charge in [-0.05, 0) is 24.6 Å². The molecular weight excluding hydrogens is 248 g/mol. The van der Waals surface area contributed by atoms with Crippen molar-refractivity contribution in [3.8, 4) is 0 Å². The van der Waals surface area contributed by atoms with Crippen molar-refractivity contribution in [2.24, 2.45) is 0 Å². The minimum absolute atomic E-state index is 0.117. The predicted octanol–water partition coefficient (Wildman–Crippen LogP) is 1.11. The van der Waals surface area contributed by atoms with Crippen LogP contribution < -0.4 is 5.32 Å². The number of carbonyl (C=O) groups is 2. The number of carbonyl (C=O) groups excluding carboxylic acids is 2. The van der Waals surface area contributed by atoms with Gasteiger partial charge in [-0.15, -0.1) is 12.6 Å². The third-order valence-electron chi connectivity index (χ3n) is 2.49. The zero-order valence-corrected chi connectivity index (χ0v) is 11.7. The lowest BCUT2D eigenvalue weighted by molar-refractivity contribution is -0.133. The second-order valence-corrected chi connectivity index (χ2v) is 4.88. The SMILES string of the molecule is CC(NC(=O)Cc1ccc(S)cc1)C(=O)N(C)C. The molecule has 0 aliphatic heterocycles. The summed E-state index contributed by atoms with van der Waals surface area (Å²) in [6.45, 7) is 1.68. The number of amides is 2. The van der Waals surface area contributed by atoms with Crippen LogP contribution in [-0.2, 0) is 16.0 Å². The van der Waals surface area contributed by atoms with Gasteiger partial charge in [0.2, 0.25) is 11.8 Å². The molecular formula is C13H18N2O2S. The fourth-order valence-corrected chi connectivity index (χ4v) is 1.69. The number of rotatable bonds is 4. The number of nitrogens with zero attached hydrogens (tertiary/aromatic N) is 1. The van der Waals surface area contributed by atoms with E-state index in [0.717, 1.165) is 10.5 Å². The van der Waals surface area contributed by atoms with Crippen molar-refractivity contribution >= 4 is 24.4 Å². The average Bonchev–Trinajstić information content (AvgIpc) is 2.30. The Balaban J connectivity index is 2.51. The highest BCUT2D eigenvalue weighted by molar-refractivity contribution is 7.80. The monoisotopic (exact) mass is 266 g/mol. The normalized spacial score (nSPS) is 11.8. The van der Waals surface area contributed by atoms with Gasteiger partial charge >= 0.3 is 0 Å². The lowest BCUT2D eigenvalue weighted by Gasteiger charge is -2.17. The summed E-state index contributed by atoms with van der Waals surface area (Å²) in [6.07, 6.45) is 0.263. The van der Waals surface area contributed by atoms with Crippen LogP contribution in [0.25, 0.3) is 0 Å². The Labute approximate surface area is 113 Å². The molecule has 5 heteroatoms. The second-order valence-electron chi connectivity index (χ2n) is 4.37. The number of nitrogens with one attached hydrogen (secondary N) is 1. The van der Waals surface area contributed by atoms with Crippen molar-refractivity contribution in [1.82, 2.24) is 10.2 Å². The Morgan fingerprint density at radius 2 is 1.83 bits per heavy atom. The molecule has 1 rings (SSSR count). The van der Waals surface area contributed by atoms with Crippen LogP contribution in [0.2, 0.25) is 0 Å². The molecule has 0 saturated heterocycles. The van der Waals surface area contributed by atoms with Crippen molar-refractivity contribution in [2.75, 3.05) is 14.1 Å². The number of thiol groups is 1. The van der Waals surface area contributed by atoms with Gasteiger partial charge in [0.1, 0.15) is 6.04 Å². The molecule has 0 bridgehead atoms. The first-order valence-electron chi connectivity index (χ1n) is 5.68. The van der Waals surface area contributed by atoms with E-state index < -0.39 is 6.04 Å². The zero-order valence-electron chi connectivity index (χ0n) is 10.8. The molecule has 0 aromatic heterocycles. The topological polar surface area (TPSA) is 49.4 Å². The lowest BCUT2D eigenvalue weighted by atomic mass is 10.1. The van der Waals surface area contributed by atoms with E-state index in [-0.39, 0.29) is 18.2 Å². The molecule has 0 fully saturated rings. The Morgan fingerprint density at radius 1 is 1.28 bits per heavy atom. The van der Waals surface area contributed by atoms with Gasteiger partial charge in [-0.3, -0.25) is 9.59 Å². The fourth-order valence-electron chi connectivity index (χ4n) is 1.54. The summed E-state index contributed by atoms with van der Waals surface area (Å²) >= 11 is 4.18. The van der Waals surface area contributed by atoms with Gasteiger partial charge in [0.05, 0.1) is 6.42 Å². The maximum absolute atomic E-state index is 11.7. The summed E-state index contributed by atoms with van der Waals surface area (Å²) in [4.78, 5) is 25.6. The molecule has 0 spiro atoms. The van der Waals surface area contributed by atoms with Gasteiger partial charge < -0.3 is 10.2 Å². The first kappa shape index (κ1) is 14.6. The standard InChI is InChI=1S/C13H18N2O2S/c1-9(13(17)15(2)3)14-12(16)8-10-4-6-11(18)7-5-10/h4-7,9,18H,8H2,1-3H3,(H,14,16). The molecule has 1 N–H and O–H groups in total. The van der Waals surface area contributed by atoms with Gasteiger partial charge in [0.25, 0.3) is 0 Å². The molecule has 4 nitrogen and oxygen atoms in total. The Bertz CT molecular complexity index is 429. The second kappa shape index (κ2) is 6.44. The van der Waals surface area contributed by atoms with E-state index in [1.165, 1.54) is 4.90 Å². The number of likely N-dealkylation sites (N-methyl/N-ethyl adjacent to an activating group) is 1. The molecule has 0 aliphatic carbocycles. The molecule has 1 aromatic rings. The van der Waals surface area contributed by atoms with Gasteiger partial charge in [-0.2, -0.15) is 0 Å². The molecule has 0 saturated carbocycles. The molecule has 98 valence electrons. The summed E-state index contributed by atoms with van der Waals surface area (Å²) in [7, 11) is 3.33. The fraction of sp³-hybridized carbons (Fsp3) is 0.385. The first-order chi connectivity index (χ1) is 8.40. The van der Waals surface area contributed by atoms with Crippen molar-refractivity contribution in [2.45, 2.75) is 24.3 Å². The Hall–Kier alpha value is -1.49. The van der Waals surface area contributed by atoms with Crippen LogP contribution in [0.4, 0.5) is 0 Å². The first-order valence-corrected chi connectivity index (χ1v) is 6.13. The van der Waals surface area contributed by atoms with Gasteiger partial charge in [-0.1, -0.05) is 12.1 Å². The van der Waals surface area contributed by atoms with Crippen LogP contribution in [0.5, 0.6) is 0 Å². The maximum atomic E-state index is 11.7. The minimum atomic E-state index is -0.503.